The van der Waals surface area contributed by atoms with E-state index in [0.29, 0.717) is 5.82 Å². The summed E-state index contributed by atoms with van der Waals surface area (Å²) in [7, 11) is -1.54. The third-order valence-corrected chi connectivity index (χ3v) is 3.80. The van der Waals surface area contributed by atoms with Gasteiger partial charge in [0.05, 0.1) is 0 Å². The molecule has 1 saturated carbocycles. The van der Waals surface area contributed by atoms with E-state index in [1.54, 1.807) is 0 Å². The average molecular weight is 321 g/mol. The van der Waals surface area contributed by atoms with Crippen LogP contribution in [-0.2, 0) is 4.74 Å². The van der Waals surface area contributed by atoms with Gasteiger partial charge in [-0.25, -0.2) is 14.8 Å². The summed E-state index contributed by atoms with van der Waals surface area (Å²) in [5, 5.41) is 21.0. The van der Waals surface area contributed by atoms with Crippen molar-refractivity contribution in [3.63, 3.8) is 0 Å². The normalized spacial score (nSPS) is 21.6. The topological polar surface area (TPSA) is 105 Å². The maximum Gasteiger partial charge on any atom is 0.491 e. The molecular formula is C15H24BN3O4. The van der Waals surface area contributed by atoms with Crippen LogP contribution in [0, 0.1) is 0 Å². The maximum atomic E-state index is 11.8. The van der Waals surface area contributed by atoms with Crippen molar-refractivity contribution < 1.29 is 19.6 Å². The van der Waals surface area contributed by atoms with Crippen LogP contribution in [0.5, 0.6) is 0 Å². The second-order valence-electron chi connectivity index (χ2n) is 6.94. The Balaban J connectivity index is 1.83. The van der Waals surface area contributed by atoms with Crippen LogP contribution in [-0.4, -0.2) is 44.9 Å². The highest BCUT2D eigenvalue weighted by Gasteiger charge is 2.27. The van der Waals surface area contributed by atoms with Crippen LogP contribution >= 0.6 is 0 Å². The van der Waals surface area contributed by atoms with E-state index in [1.165, 1.54) is 12.4 Å². The van der Waals surface area contributed by atoms with E-state index in [-0.39, 0.29) is 23.5 Å². The van der Waals surface area contributed by atoms with Gasteiger partial charge in [0.2, 0.25) is 0 Å². The molecular weight excluding hydrogens is 297 g/mol. The fourth-order valence-corrected chi connectivity index (χ4v) is 2.66. The molecule has 1 aromatic rings. The van der Waals surface area contributed by atoms with Crippen LogP contribution in [0.25, 0.3) is 0 Å². The molecule has 7 nitrogen and oxygen atoms in total. The molecule has 0 radical (unpaired) electrons. The van der Waals surface area contributed by atoms with Crippen molar-refractivity contribution in [3.05, 3.63) is 18.2 Å². The molecule has 8 heteroatoms. The standard InChI is InChI=1S/C15H24BN3O4/c1-15(2,3)23-14(20)19-12-6-4-10(5-7-12)13-17-8-11(9-18-13)16(21)22/h8-10,12,21-22H,4-7H2,1-3H3,(H,19,20). The van der Waals surface area contributed by atoms with E-state index in [9.17, 15) is 4.79 Å². The van der Waals surface area contributed by atoms with Crippen molar-refractivity contribution in [2.45, 2.75) is 64.0 Å². The number of nitrogens with zero attached hydrogens (tertiary/aromatic N) is 2. The number of ether oxygens (including phenoxy) is 1. The summed E-state index contributed by atoms with van der Waals surface area (Å²) >= 11 is 0. The Morgan fingerprint density at radius 3 is 2.26 bits per heavy atom. The molecule has 0 spiro atoms. The molecule has 1 amide bonds. The minimum atomic E-state index is -1.54. The molecule has 0 bridgehead atoms. The summed E-state index contributed by atoms with van der Waals surface area (Å²) in [6.07, 6.45) is 5.95. The largest absolute Gasteiger partial charge is 0.491 e. The first-order valence-corrected chi connectivity index (χ1v) is 7.92. The third-order valence-electron chi connectivity index (χ3n) is 3.80. The first kappa shape index (κ1) is 17.7. The van der Waals surface area contributed by atoms with Gasteiger partial charge in [0.1, 0.15) is 11.4 Å². The Kier molecular flexibility index (Phi) is 5.59. The third kappa shape index (κ3) is 5.48. The molecule has 126 valence electrons. The smallest absolute Gasteiger partial charge is 0.444 e. The SMILES string of the molecule is CC(C)(C)OC(=O)NC1CCC(c2ncc(B(O)O)cn2)CC1. The van der Waals surface area contributed by atoms with Gasteiger partial charge in [-0.05, 0) is 46.5 Å². The first-order chi connectivity index (χ1) is 10.7. The Morgan fingerprint density at radius 1 is 1.22 bits per heavy atom. The minimum Gasteiger partial charge on any atom is -0.444 e. The van der Waals surface area contributed by atoms with Crippen LogP contribution in [0.3, 0.4) is 0 Å². The number of alkyl carbamates (subject to hydrolysis) is 1. The van der Waals surface area contributed by atoms with Crippen molar-refractivity contribution in [2.24, 2.45) is 0 Å². The fraction of sp³-hybridized carbons (Fsp3) is 0.667. The molecule has 0 saturated heterocycles. The quantitative estimate of drug-likeness (QED) is 0.708. The fourth-order valence-electron chi connectivity index (χ4n) is 2.66. The molecule has 3 N–H and O–H groups in total. The molecule has 0 aliphatic heterocycles. The van der Waals surface area contributed by atoms with Crippen molar-refractivity contribution >= 4 is 18.7 Å². The highest BCUT2D eigenvalue weighted by Crippen LogP contribution is 2.30. The van der Waals surface area contributed by atoms with Gasteiger partial charge in [0, 0.05) is 29.8 Å². The van der Waals surface area contributed by atoms with Crippen molar-refractivity contribution in [3.8, 4) is 0 Å². The van der Waals surface area contributed by atoms with E-state index in [2.05, 4.69) is 15.3 Å². The Hall–Kier alpha value is -1.67. The maximum absolute atomic E-state index is 11.8. The second kappa shape index (κ2) is 7.27. The minimum absolute atomic E-state index is 0.111. The lowest BCUT2D eigenvalue weighted by Gasteiger charge is -2.29. The molecule has 0 aromatic carbocycles. The molecule has 1 aliphatic rings. The Morgan fingerprint density at radius 2 is 1.78 bits per heavy atom. The Labute approximate surface area is 136 Å². The lowest BCUT2D eigenvalue weighted by molar-refractivity contribution is 0.0491. The number of hydrogen-bond acceptors (Lipinski definition) is 6. The average Bonchev–Trinajstić information content (AvgIpc) is 2.46. The van der Waals surface area contributed by atoms with Crippen LogP contribution in [0.2, 0.25) is 0 Å². The predicted molar refractivity (Wildman–Crippen MR) is 86.2 cm³/mol. The van der Waals surface area contributed by atoms with Crippen LogP contribution in [0.15, 0.2) is 12.4 Å². The van der Waals surface area contributed by atoms with E-state index < -0.39 is 12.7 Å². The number of hydrogen-bond donors (Lipinski definition) is 3. The van der Waals surface area contributed by atoms with E-state index in [0.717, 1.165) is 25.7 Å². The zero-order chi connectivity index (χ0) is 17.0. The van der Waals surface area contributed by atoms with Crippen molar-refractivity contribution in [1.82, 2.24) is 15.3 Å². The summed E-state index contributed by atoms with van der Waals surface area (Å²) in [6.45, 7) is 5.52. The summed E-state index contributed by atoms with van der Waals surface area (Å²) < 4.78 is 5.27. The summed E-state index contributed by atoms with van der Waals surface area (Å²) in [4.78, 5) is 20.2. The van der Waals surface area contributed by atoms with Crippen molar-refractivity contribution in [2.75, 3.05) is 0 Å². The van der Waals surface area contributed by atoms with E-state index in [1.807, 2.05) is 20.8 Å². The van der Waals surface area contributed by atoms with Crippen LogP contribution < -0.4 is 10.8 Å². The number of nitrogens with one attached hydrogen (secondary N) is 1. The highest BCUT2D eigenvalue weighted by atomic mass is 16.6. The van der Waals surface area contributed by atoms with Gasteiger partial charge in [0.15, 0.2) is 0 Å². The molecule has 0 unspecified atom stereocenters. The summed E-state index contributed by atoms with van der Waals surface area (Å²) in [5.41, 5.74) is -0.206. The summed E-state index contributed by atoms with van der Waals surface area (Å²) in [6, 6.07) is 0.111. The number of carbonyl (C=O) groups is 1. The van der Waals surface area contributed by atoms with Crippen LogP contribution in [0.1, 0.15) is 58.2 Å². The summed E-state index contributed by atoms with van der Waals surface area (Å²) in [5.74, 6) is 0.946. The number of aromatic nitrogens is 2. The monoisotopic (exact) mass is 321 g/mol. The molecule has 0 atom stereocenters. The first-order valence-electron chi connectivity index (χ1n) is 7.92. The lowest BCUT2D eigenvalue weighted by Crippen LogP contribution is -2.40. The number of amides is 1. The van der Waals surface area contributed by atoms with E-state index in [4.69, 9.17) is 14.8 Å². The lowest BCUT2D eigenvalue weighted by atomic mass is 9.82. The van der Waals surface area contributed by atoms with Gasteiger partial charge in [-0.3, -0.25) is 0 Å². The zero-order valence-corrected chi connectivity index (χ0v) is 13.8. The number of rotatable bonds is 3. The van der Waals surface area contributed by atoms with Gasteiger partial charge >= 0.3 is 13.2 Å². The predicted octanol–water partition coefficient (Wildman–Crippen LogP) is 0.707. The molecule has 1 heterocycles. The number of carbonyl (C=O) groups excluding carboxylic acids is 1. The van der Waals surface area contributed by atoms with Gasteiger partial charge < -0.3 is 20.1 Å². The van der Waals surface area contributed by atoms with Gasteiger partial charge in [0.25, 0.3) is 0 Å². The molecule has 23 heavy (non-hydrogen) atoms. The zero-order valence-electron chi connectivity index (χ0n) is 13.8. The van der Waals surface area contributed by atoms with Crippen molar-refractivity contribution in [1.29, 1.82) is 0 Å². The van der Waals surface area contributed by atoms with Gasteiger partial charge in [-0.1, -0.05) is 0 Å². The second-order valence-corrected chi connectivity index (χ2v) is 6.94. The molecule has 2 rings (SSSR count). The highest BCUT2D eigenvalue weighted by molar-refractivity contribution is 6.58. The van der Waals surface area contributed by atoms with Crippen LogP contribution in [0.4, 0.5) is 4.79 Å². The molecule has 1 aliphatic carbocycles. The Bertz CT molecular complexity index is 523. The van der Waals surface area contributed by atoms with Gasteiger partial charge in [-0.15, -0.1) is 0 Å². The molecule has 1 aromatic heterocycles. The van der Waals surface area contributed by atoms with E-state index >= 15 is 0 Å². The van der Waals surface area contributed by atoms with Gasteiger partial charge in [-0.2, -0.15) is 0 Å². The molecule has 1 fully saturated rings.